The molecule has 6 heteroatoms. The molecule has 0 saturated carbocycles. The highest BCUT2D eigenvalue weighted by Crippen LogP contribution is 2.12. The van der Waals surface area contributed by atoms with Gasteiger partial charge in [-0.25, -0.2) is 8.42 Å². The molecule has 1 rings (SSSR count). The van der Waals surface area contributed by atoms with Crippen LogP contribution in [0.2, 0.25) is 0 Å². The van der Waals surface area contributed by atoms with Crippen LogP contribution in [0, 0.1) is 0 Å². The van der Waals surface area contributed by atoms with Gasteiger partial charge in [0.1, 0.15) is 0 Å². The zero-order valence-electron chi connectivity index (χ0n) is 10.3. The summed E-state index contributed by atoms with van der Waals surface area (Å²) in [4.78, 5) is 12.7. The predicted molar refractivity (Wildman–Crippen MR) is 71.6 cm³/mol. The maximum atomic E-state index is 12.0. The summed E-state index contributed by atoms with van der Waals surface area (Å²) >= 11 is 5.41. The van der Waals surface area contributed by atoms with E-state index in [2.05, 4.69) is 0 Å². The van der Waals surface area contributed by atoms with Gasteiger partial charge in [-0.05, 0) is 37.6 Å². The van der Waals surface area contributed by atoms with E-state index in [1.54, 1.807) is 32.0 Å². The fourth-order valence-corrected chi connectivity index (χ4v) is 3.04. The Bertz CT molecular complexity index is 499. The number of carbonyl (C=O) groups excluding carboxylic acids is 1. The van der Waals surface area contributed by atoms with Gasteiger partial charge in [0.2, 0.25) is 0 Å². The van der Waals surface area contributed by atoms with Crippen molar-refractivity contribution < 1.29 is 13.2 Å². The van der Waals surface area contributed by atoms with Crippen LogP contribution in [-0.4, -0.2) is 37.0 Å². The fraction of sp³-hybridized carbons (Fsp3) is 0.417. The van der Waals surface area contributed by atoms with Gasteiger partial charge in [0.25, 0.3) is 0 Å². The van der Waals surface area contributed by atoms with Gasteiger partial charge < -0.3 is 4.90 Å². The Labute approximate surface area is 112 Å². The Kier molecular flexibility index (Phi) is 5.16. The van der Waals surface area contributed by atoms with Crippen molar-refractivity contribution in [2.45, 2.75) is 24.8 Å². The summed E-state index contributed by atoms with van der Waals surface area (Å²) in [6, 6.07) is 8.04. The van der Waals surface area contributed by atoms with Gasteiger partial charge in [0.05, 0.1) is 10.6 Å². The summed E-state index contributed by atoms with van der Waals surface area (Å²) in [5.74, 6) is -0.131. The Hall–Kier alpha value is -1.07. The Morgan fingerprint density at radius 3 is 2.28 bits per heavy atom. The van der Waals surface area contributed by atoms with E-state index < -0.39 is 15.2 Å². The second-order valence-corrected chi connectivity index (χ2v) is 6.60. The van der Waals surface area contributed by atoms with E-state index in [0.717, 1.165) is 0 Å². The third-order valence-corrected chi connectivity index (χ3v) is 4.48. The third-order valence-electron chi connectivity index (χ3n) is 2.55. The highest BCUT2D eigenvalue weighted by Gasteiger charge is 2.20. The maximum absolute atomic E-state index is 12.0. The zero-order valence-corrected chi connectivity index (χ0v) is 11.9. The number of rotatable bonds is 5. The van der Waals surface area contributed by atoms with Gasteiger partial charge in [-0.2, -0.15) is 0 Å². The summed E-state index contributed by atoms with van der Waals surface area (Å²) in [5.41, 5.74) is 0. The van der Waals surface area contributed by atoms with Crippen LogP contribution in [0.1, 0.15) is 13.8 Å². The van der Waals surface area contributed by atoms with Gasteiger partial charge in [0.15, 0.2) is 9.84 Å². The molecule has 0 aliphatic rings. The highest BCUT2D eigenvalue weighted by molar-refractivity contribution is 7.91. The molecule has 0 heterocycles. The average Bonchev–Trinajstić information content (AvgIpc) is 2.29. The van der Waals surface area contributed by atoms with Crippen LogP contribution in [0.3, 0.4) is 0 Å². The molecule has 0 saturated heterocycles. The van der Waals surface area contributed by atoms with Crippen LogP contribution in [-0.2, 0) is 9.84 Å². The lowest BCUT2D eigenvalue weighted by atomic mass is 10.3. The molecule has 0 aliphatic heterocycles. The summed E-state index contributed by atoms with van der Waals surface area (Å²) < 4.78 is 24.0. The smallest absolute Gasteiger partial charge is 0.316 e. The van der Waals surface area contributed by atoms with Gasteiger partial charge in [0, 0.05) is 12.6 Å². The summed E-state index contributed by atoms with van der Waals surface area (Å²) in [5, 5.41) is -0.631. The van der Waals surface area contributed by atoms with E-state index in [1.807, 2.05) is 0 Å². The summed E-state index contributed by atoms with van der Waals surface area (Å²) in [6.07, 6.45) is 0. The quantitative estimate of drug-likeness (QED) is 0.618. The van der Waals surface area contributed by atoms with Crippen molar-refractivity contribution >= 4 is 26.8 Å². The van der Waals surface area contributed by atoms with Crippen molar-refractivity contribution in [3.63, 3.8) is 0 Å². The first-order valence-electron chi connectivity index (χ1n) is 5.58. The van der Waals surface area contributed by atoms with Crippen LogP contribution >= 0.6 is 11.6 Å². The summed E-state index contributed by atoms with van der Waals surface area (Å²) in [6.45, 7) is 3.67. The van der Waals surface area contributed by atoms with E-state index in [0.29, 0.717) is 0 Å². The molecule has 0 atom stereocenters. The standard InChI is InChI=1S/C12H16ClNO3S/c1-10(2)14(12(13)15)8-9-18(16,17)11-6-4-3-5-7-11/h3-7,10H,8-9H2,1-2H3. The van der Waals surface area contributed by atoms with Crippen molar-refractivity contribution in [3.05, 3.63) is 30.3 Å². The zero-order chi connectivity index (χ0) is 13.8. The van der Waals surface area contributed by atoms with Crippen LogP contribution in [0.4, 0.5) is 4.79 Å². The normalized spacial score (nSPS) is 11.6. The van der Waals surface area contributed by atoms with Gasteiger partial charge in [-0.1, -0.05) is 18.2 Å². The number of nitrogens with zero attached hydrogens (tertiary/aromatic N) is 1. The van der Waals surface area contributed by atoms with E-state index in [1.165, 1.54) is 17.0 Å². The van der Waals surface area contributed by atoms with Crippen LogP contribution in [0.15, 0.2) is 35.2 Å². The molecule has 0 radical (unpaired) electrons. The minimum absolute atomic E-state index is 0.0945. The number of carbonyl (C=O) groups is 1. The lowest BCUT2D eigenvalue weighted by molar-refractivity contribution is 0.211. The topological polar surface area (TPSA) is 54.5 Å². The second-order valence-electron chi connectivity index (χ2n) is 4.17. The average molecular weight is 290 g/mol. The number of hydrogen-bond acceptors (Lipinski definition) is 3. The van der Waals surface area contributed by atoms with Crippen molar-refractivity contribution in [1.29, 1.82) is 0 Å². The maximum Gasteiger partial charge on any atom is 0.316 e. The van der Waals surface area contributed by atoms with Crippen molar-refractivity contribution in [3.8, 4) is 0 Å². The molecule has 0 aromatic heterocycles. The molecule has 18 heavy (non-hydrogen) atoms. The molecule has 0 fully saturated rings. The minimum atomic E-state index is -3.37. The van der Waals surface area contributed by atoms with E-state index in [4.69, 9.17) is 11.6 Å². The Morgan fingerprint density at radius 2 is 1.83 bits per heavy atom. The first kappa shape index (κ1) is 15.0. The monoisotopic (exact) mass is 289 g/mol. The molecule has 1 aromatic rings. The van der Waals surface area contributed by atoms with E-state index in [9.17, 15) is 13.2 Å². The molecule has 0 bridgehead atoms. The molecule has 100 valence electrons. The molecule has 4 nitrogen and oxygen atoms in total. The van der Waals surface area contributed by atoms with Crippen molar-refractivity contribution in [2.24, 2.45) is 0 Å². The molecule has 1 aromatic carbocycles. The lowest BCUT2D eigenvalue weighted by Crippen LogP contribution is -2.37. The van der Waals surface area contributed by atoms with E-state index in [-0.39, 0.29) is 23.2 Å². The van der Waals surface area contributed by atoms with Gasteiger partial charge in [-0.15, -0.1) is 0 Å². The van der Waals surface area contributed by atoms with Crippen LogP contribution in [0.25, 0.3) is 0 Å². The van der Waals surface area contributed by atoms with Gasteiger partial charge >= 0.3 is 5.37 Å². The van der Waals surface area contributed by atoms with Crippen molar-refractivity contribution in [2.75, 3.05) is 12.3 Å². The number of amides is 1. The molecular weight excluding hydrogens is 274 g/mol. The molecular formula is C12H16ClNO3S. The largest absolute Gasteiger partial charge is 0.326 e. The third kappa shape index (κ3) is 3.99. The number of benzene rings is 1. The van der Waals surface area contributed by atoms with Gasteiger partial charge in [-0.3, -0.25) is 4.79 Å². The first-order chi connectivity index (χ1) is 8.34. The van der Waals surface area contributed by atoms with Crippen LogP contribution in [0.5, 0.6) is 0 Å². The fourth-order valence-electron chi connectivity index (χ4n) is 1.51. The van der Waals surface area contributed by atoms with Crippen molar-refractivity contribution in [1.82, 2.24) is 4.90 Å². The number of sulfone groups is 1. The molecule has 1 amide bonds. The SMILES string of the molecule is CC(C)N(CCS(=O)(=O)c1ccccc1)C(=O)Cl. The lowest BCUT2D eigenvalue weighted by Gasteiger charge is -2.23. The molecule has 0 aliphatic carbocycles. The second kappa shape index (κ2) is 6.20. The van der Waals surface area contributed by atoms with Crippen LogP contribution < -0.4 is 0 Å². The first-order valence-corrected chi connectivity index (χ1v) is 7.61. The molecule has 0 spiro atoms. The predicted octanol–water partition coefficient (Wildman–Crippen LogP) is 2.53. The Morgan fingerprint density at radius 1 is 1.28 bits per heavy atom. The number of halogens is 1. The Balaban J connectivity index is 2.76. The molecule has 0 N–H and O–H groups in total. The molecule has 0 unspecified atom stereocenters. The number of hydrogen-bond donors (Lipinski definition) is 0. The highest BCUT2D eigenvalue weighted by atomic mass is 35.5. The summed E-state index contributed by atoms with van der Waals surface area (Å²) in [7, 11) is -3.37. The minimum Gasteiger partial charge on any atom is -0.326 e. The van der Waals surface area contributed by atoms with E-state index >= 15 is 0 Å².